The Morgan fingerprint density at radius 1 is 1.64 bits per heavy atom. The largest absolute Gasteiger partial charge is 0.396 e. The molecule has 11 heavy (non-hydrogen) atoms. The van der Waals surface area contributed by atoms with Crippen LogP contribution in [0.3, 0.4) is 0 Å². The van der Waals surface area contributed by atoms with Crippen molar-refractivity contribution in [1.82, 2.24) is 5.16 Å². The molecule has 3 nitrogen and oxygen atoms in total. The zero-order valence-corrected chi connectivity index (χ0v) is 6.71. The molecule has 3 heteroatoms. The minimum absolute atomic E-state index is 0.210. The van der Waals surface area contributed by atoms with E-state index in [-0.39, 0.29) is 6.61 Å². The second kappa shape index (κ2) is 4.13. The van der Waals surface area contributed by atoms with E-state index in [1.165, 1.54) is 0 Å². The summed E-state index contributed by atoms with van der Waals surface area (Å²) in [4.78, 5) is 0. The van der Waals surface area contributed by atoms with Gasteiger partial charge in [-0.15, -0.1) is 0 Å². The minimum Gasteiger partial charge on any atom is -0.396 e. The van der Waals surface area contributed by atoms with Crippen LogP contribution in [0.2, 0.25) is 0 Å². The molecule has 0 fully saturated rings. The molecule has 0 spiro atoms. The number of aliphatic hydroxyl groups excluding tert-OH is 1. The smallest absolute Gasteiger partial charge is 0.137 e. The lowest BCUT2D eigenvalue weighted by atomic mass is 10.2. The Hall–Kier alpha value is -0.830. The van der Waals surface area contributed by atoms with E-state index in [0.29, 0.717) is 0 Å². The van der Waals surface area contributed by atoms with Crippen molar-refractivity contribution in [3.05, 3.63) is 17.5 Å². The first-order valence-electron chi connectivity index (χ1n) is 3.92. The van der Waals surface area contributed by atoms with Crippen LogP contribution in [-0.2, 0) is 12.8 Å². The van der Waals surface area contributed by atoms with Crippen LogP contribution in [0.15, 0.2) is 10.6 Å². The van der Waals surface area contributed by atoms with Gasteiger partial charge in [0.05, 0.1) is 5.69 Å². The van der Waals surface area contributed by atoms with Gasteiger partial charge in [0, 0.05) is 19.1 Å². The summed E-state index contributed by atoms with van der Waals surface area (Å²) in [5.74, 6) is 0.871. The van der Waals surface area contributed by atoms with Crippen molar-refractivity contribution in [3.63, 3.8) is 0 Å². The highest BCUT2D eigenvalue weighted by Crippen LogP contribution is 2.05. The zero-order valence-electron chi connectivity index (χ0n) is 6.71. The second-order valence-electron chi connectivity index (χ2n) is 2.47. The maximum absolute atomic E-state index is 8.53. The predicted octanol–water partition coefficient (Wildman–Crippen LogP) is 1.16. The summed E-state index contributed by atoms with van der Waals surface area (Å²) in [6.07, 6.45) is 2.43. The summed E-state index contributed by atoms with van der Waals surface area (Å²) in [5.41, 5.74) is 0.984. The topological polar surface area (TPSA) is 46.3 Å². The number of aromatic nitrogens is 1. The molecule has 1 N–H and O–H groups in total. The van der Waals surface area contributed by atoms with Crippen LogP contribution in [0.4, 0.5) is 0 Å². The van der Waals surface area contributed by atoms with E-state index < -0.39 is 0 Å². The van der Waals surface area contributed by atoms with Gasteiger partial charge in [-0.3, -0.25) is 0 Å². The Labute approximate surface area is 66.0 Å². The van der Waals surface area contributed by atoms with Crippen molar-refractivity contribution in [2.24, 2.45) is 0 Å². The average Bonchev–Trinajstić information content (AvgIpc) is 2.48. The van der Waals surface area contributed by atoms with E-state index in [9.17, 15) is 0 Å². The molecule has 0 aromatic carbocycles. The maximum Gasteiger partial charge on any atom is 0.137 e. The van der Waals surface area contributed by atoms with Crippen molar-refractivity contribution >= 4 is 0 Å². The summed E-state index contributed by atoms with van der Waals surface area (Å²) >= 11 is 0. The minimum atomic E-state index is 0.210. The molecule has 0 bridgehead atoms. The number of aliphatic hydroxyl groups is 1. The second-order valence-corrected chi connectivity index (χ2v) is 2.47. The molecule has 0 aliphatic rings. The number of hydrogen-bond acceptors (Lipinski definition) is 3. The van der Waals surface area contributed by atoms with Gasteiger partial charge in [0.25, 0.3) is 0 Å². The van der Waals surface area contributed by atoms with Gasteiger partial charge in [-0.05, 0) is 12.8 Å². The number of rotatable bonds is 4. The van der Waals surface area contributed by atoms with Crippen molar-refractivity contribution in [3.8, 4) is 0 Å². The van der Waals surface area contributed by atoms with Crippen LogP contribution < -0.4 is 0 Å². The molecular formula is C8H13NO2. The normalized spacial score (nSPS) is 10.4. The van der Waals surface area contributed by atoms with Gasteiger partial charge in [-0.2, -0.15) is 0 Å². The lowest BCUT2D eigenvalue weighted by Gasteiger charge is -1.88. The third-order valence-electron chi connectivity index (χ3n) is 1.55. The molecular weight excluding hydrogens is 142 g/mol. The molecule has 0 amide bonds. The van der Waals surface area contributed by atoms with Crippen molar-refractivity contribution in [2.45, 2.75) is 26.2 Å². The van der Waals surface area contributed by atoms with Crippen molar-refractivity contribution < 1.29 is 9.63 Å². The third-order valence-corrected chi connectivity index (χ3v) is 1.55. The first kappa shape index (κ1) is 8.27. The highest BCUT2D eigenvalue weighted by molar-refractivity contribution is 5.04. The van der Waals surface area contributed by atoms with Crippen LogP contribution in [0.25, 0.3) is 0 Å². The molecule has 0 saturated carbocycles. The fourth-order valence-electron chi connectivity index (χ4n) is 0.894. The predicted molar refractivity (Wildman–Crippen MR) is 41.3 cm³/mol. The van der Waals surface area contributed by atoms with E-state index in [4.69, 9.17) is 9.63 Å². The van der Waals surface area contributed by atoms with E-state index in [2.05, 4.69) is 5.16 Å². The average molecular weight is 155 g/mol. The number of nitrogens with zero attached hydrogens (tertiary/aromatic N) is 1. The zero-order chi connectivity index (χ0) is 8.10. The first-order valence-corrected chi connectivity index (χ1v) is 3.92. The molecule has 1 aromatic heterocycles. The van der Waals surface area contributed by atoms with Gasteiger partial charge < -0.3 is 9.63 Å². The van der Waals surface area contributed by atoms with Crippen molar-refractivity contribution in [1.29, 1.82) is 0 Å². The third kappa shape index (κ3) is 2.35. The summed E-state index contributed by atoms with van der Waals surface area (Å²) in [6.45, 7) is 2.25. The molecule has 0 saturated heterocycles. The van der Waals surface area contributed by atoms with E-state index >= 15 is 0 Å². The Balaban J connectivity index is 2.44. The van der Waals surface area contributed by atoms with Crippen LogP contribution in [0, 0.1) is 0 Å². The van der Waals surface area contributed by atoms with Gasteiger partial charge in [0.1, 0.15) is 5.76 Å². The van der Waals surface area contributed by atoms with Gasteiger partial charge in [0.15, 0.2) is 0 Å². The Kier molecular flexibility index (Phi) is 3.11. The molecule has 0 radical (unpaired) electrons. The molecule has 0 aliphatic heterocycles. The Morgan fingerprint density at radius 3 is 3.00 bits per heavy atom. The molecule has 1 heterocycles. The molecule has 1 aromatic rings. The maximum atomic E-state index is 8.53. The summed E-state index contributed by atoms with van der Waals surface area (Å²) in [7, 11) is 0. The van der Waals surface area contributed by atoms with Gasteiger partial charge in [-0.1, -0.05) is 12.1 Å². The molecule has 0 atom stereocenters. The van der Waals surface area contributed by atoms with Crippen molar-refractivity contribution in [2.75, 3.05) is 6.61 Å². The Morgan fingerprint density at radius 2 is 2.45 bits per heavy atom. The molecule has 1 rings (SSSR count). The van der Waals surface area contributed by atoms with Crippen LogP contribution in [0.1, 0.15) is 24.8 Å². The van der Waals surface area contributed by atoms with Gasteiger partial charge in [0.2, 0.25) is 0 Å². The SMILES string of the molecule is CCc1cc(CCCO)on1. The highest BCUT2D eigenvalue weighted by Gasteiger charge is 2.00. The number of hydrogen-bond donors (Lipinski definition) is 1. The molecule has 0 aliphatic carbocycles. The number of aryl methyl sites for hydroxylation is 2. The van der Waals surface area contributed by atoms with Crippen LogP contribution in [-0.4, -0.2) is 16.9 Å². The van der Waals surface area contributed by atoms with E-state index in [1.807, 2.05) is 13.0 Å². The van der Waals surface area contributed by atoms with Crippen LogP contribution in [0.5, 0.6) is 0 Å². The summed E-state index contributed by atoms with van der Waals surface area (Å²) < 4.78 is 5.00. The highest BCUT2D eigenvalue weighted by atomic mass is 16.5. The van der Waals surface area contributed by atoms with E-state index in [0.717, 1.165) is 30.7 Å². The van der Waals surface area contributed by atoms with Gasteiger partial charge in [-0.25, -0.2) is 0 Å². The lowest BCUT2D eigenvalue weighted by molar-refractivity contribution is 0.279. The lowest BCUT2D eigenvalue weighted by Crippen LogP contribution is -1.86. The fourth-order valence-corrected chi connectivity index (χ4v) is 0.894. The molecule has 62 valence electrons. The summed E-state index contributed by atoms with van der Waals surface area (Å²) in [5, 5.41) is 12.4. The first-order chi connectivity index (χ1) is 5.36. The molecule has 0 unspecified atom stereocenters. The standard InChI is InChI=1S/C8H13NO2/c1-2-7-6-8(11-9-7)4-3-5-10/h6,10H,2-5H2,1H3. The Bertz CT molecular complexity index is 208. The fraction of sp³-hybridized carbons (Fsp3) is 0.625. The van der Waals surface area contributed by atoms with Gasteiger partial charge >= 0.3 is 0 Å². The summed E-state index contributed by atoms with van der Waals surface area (Å²) in [6, 6.07) is 1.94. The quantitative estimate of drug-likeness (QED) is 0.709. The van der Waals surface area contributed by atoms with E-state index in [1.54, 1.807) is 0 Å². The van der Waals surface area contributed by atoms with Crippen LogP contribution >= 0.6 is 0 Å². The monoisotopic (exact) mass is 155 g/mol.